The van der Waals surface area contributed by atoms with Crippen LogP contribution in [0.3, 0.4) is 0 Å². The third-order valence-electron chi connectivity index (χ3n) is 5.36. The normalized spacial score (nSPS) is 15.8. The largest absolute Gasteiger partial charge is 0.497 e. The summed E-state index contributed by atoms with van der Waals surface area (Å²) in [7, 11) is 3.17. The molecule has 0 unspecified atom stereocenters. The zero-order valence-corrected chi connectivity index (χ0v) is 18.6. The van der Waals surface area contributed by atoms with E-state index in [0.717, 1.165) is 44.2 Å². The number of hydrogen-bond donors (Lipinski definition) is 1. The number of hydrogen-bond acceptors (Lipinski definition) is 7. The molecule has 0 radical (unpaired) electrons. The lowest BCUT2D eigenvalue weighted by Crippen LogP contribution is -2.48. The zero-order chi connectivity index (χ0) is 20.9. The highest BCUT2D eigenvalue weighted by atomic mass is 35.5. The number of halogens is 1. The molecule has 1 amide bonds. The second-order valence-electron chi connectivity index (χ2n) is 7.35. The third-order valence-corrected chi connectivity index (χ3v) is 5.36. The molecule has 1 N–H and O–H groups in total. The fraction of sp³-hybridized carbons (Fsp3) is 0.409. The van der Waals surface area contributed by atoms with Crippen LogP contribution in [0.5, 0.6) is 23.0 Å². The summed E-state index contributed by atoms with van der Waals surface area (Å²) in [6.07, 6.45) is 0. The van der Waals surface area contributed by atoms with Crippen LogP contribution in [0.2, 0.25) is 0 Å². The van der Waals surface area contributed by atoms with Gasteiger partial charge in [0.1, 0.15) is 11.5 Å². The van der Waals surface area contributed by atoms with Gasteiger partial charge in [-0.15, -0.1) is 12.4 Å². The van der Waals surface area contributed by atoms with Crippen molar-refractivity contribution in [3.63, 3.8) is 0 Å². The van der Waals surface area contributed by atoms with Crippen LogP contribution in [-0.4, -0.2) is 69.4 Å². The molecule has 2 aromatic carbocycles. The Morgan fingerprint density at radius 3 is 2.45 bits per heavy atom. The second kappa shape index (κ2) is 10.6. The van der Waals surface area contributed by atoms with Crippen molar-refractivity contribution in [3.8, 4) is 23.0 Å². The minimum Gasteiger partial charge on any atom is -0.497 e. The van der Waals surface area contributed by atoms with Crippen molar-refractivity contribution >= 4 is 24.0 Å². The molecule has 2 aromatic rings. The van der Waals surface area contributed by atoms with E-state index in [1.165, 1.54) is 5.56 Å². The van der Waals surface area contributed by atoms with Crippen molar-refractivity contribution in [2.75, 3.05) is 59.1 Å². The lowest BCUT2D eigenvalue weighted by molar-refractivity contribution is -0.117. The first-order valence-corrected chi connectivity index (χ1v) is 10.00. The molecular weight excluding hydrogens is 422 g/mol. The van der Waals surface area contributed by atoms with Gasteiger partial charge in [-0.3, -0.25) is 14.6 Å². The van der Waals surface area contributed by atoms with Crippen LogP contribution < -0.4 is 24.3 Å². The average Bonchev–Trinajstić information content (AvgIpc) is 3.23. The molecule has 0 atom stereocenters. The summed E-state index contributed by atoms with van der Waals surface area (Å²) in [6, 6.07) is 11.4. The van der Waals surface area contributed by atoms with Crippen LogP contribution in [0.15, 0.2) is 36.4 Å². The van der Waals surface area contributed by atoms with Gasteiger partial charge < -0.3 is 24.3 Å². The number of piperazine rings is 1. The second-order valence-corrected chi connectivity index (χ2v) is 7.35. The van der Waals surface area contributed by atoms with E-state index in [-0.39, 0.29) is 18.3 Å². The van der Waals surface area contributed by atoms with Gasteiger partial charge in [-0.25, -0.2) is 0 Å². The number of rotatable bonds is 7. The molecule has 0 aliphatic carbocycles. The molecule has 0 bridgehead atoms. The minimum absolute atomic E-state index is 0. The van der Waals surface area contributed by atoms with Crippen molar-refractivity contribution in [3.05, 3.63) is 42.0 Å². The minimum atomic E-state index is -0.0531. The highest BCUT2D eigenvalue weighted by Gasteiger charge is 2.21. The Bertz CT molecular complexity index is 903. The molecule has 31 heavy (non-hydrogen) atoms. The summed E-state index contributed by atoms with van der Waals surface area (Å²) in [5.41, 5.74) is 1.85. The molecule has 1 saturated heterocycles. The Kier molecular flexibility index (Phi) is 7.84. The van der Waals surface area contributed by atoms with E-state index >= 15 is 0 Å². The summed E-state index contributed by atoms with van der Waals surface area (Å²) >= 11 is 0. The number of nitrogens with zero attached hydrogens (tertiary/aromatic N) is 2. The van der Waals surface area contributed by atoms with Gasteiger partial charge >= 0.3 is 0 Å². The van der Waals surface area contributed by atoms with Gasteiger partial charge in [-0.2, -0.15) is 0 Å². The Morgan fingerprint density at radius 2 is 1.71 bits per heavy atom. The first-order valence-electron chi connectivity index (χ1n) is 10.00. The maximum absolute atomic E-state index is 12.5. The quantitative estimate of drug-likeness (QED) is 0.696. The number of anilines is 1. The topological polar surface area (TPSA) is 72.5 Å². The van der Waals surface area contributed by atoms with E-state index in [1.54, 1.807) is 32.4 Å². The molecule has 1 fully saturated rings. The molecule has 2 aliphatic rings. The highest BCUT2D eigenvalue weighted by molar-refractivity contribution is 5.93. The first kappa shape index (κ1) is 23.0. The van der Waals surface area contributed by atoms with E-state index in [1.807, 2.05) is 12.1 Å². The molecule has 0 saturated carbocycles. The van der Waals surface area contributed by atoms with Crippen LogP contribution in [0.4, 0.5) is 5.69 Å². The number of amides is 1. The Hall–Kier alpha value is -2.68. The molecule has 9 heteroatoms. The molecular formula is C22H28ClN3O5. The van der Waals surface area contributed by atoms with E-state index < -0.39 is 0 Å². The van der Waals surface area contributed by atoms with E-state index in [2.05, 4.69) is 21.2 Å². The SMILES string of the molecule is COc1ccc(NC(=O)CN2CCN(Cc3ccc4c(c3)OCO4)CC2)c(OC)c1.Cl. The van der Waals surface area contributed by atoms with Crippen molar-refractivity contribution in [1.82, 2.24) is 9.80 Å². The third kappa shape index (κ3) is 5.72. The van der Waals surface area contributed by atoms with E-state index in [0.29, 0.717) is 30.5 Å². The molecule has 0 aromatic heterocycles. The number of carbonyl (C=O) groups excluding carboxylic acids is 1. The summed E-state index contributed by atoms with van der Waals surface area (Å²) in [5, 5.41) is 2.93. The van der Waals surface area contributed by atoms with Crippen LogP contribution >= 0.6 is 12.4 Å². The summed E-state index contributed by atoms with van der Waals surface area (Å²) < 4.78 is 21.4. The van der Waals surface area contributed by atoms with E-state index in [4.69, 9.17) is 18.9 Å². The maximum atomic E-state index is 12.5. The van der Waals surface area contributed by atoms with Crippen LogP contribution in [0, 0.1) is 0 Å². The molecule has 2 aliphatic heterocycles. The Morgan fingerprint density at radius 1 is 0.968 bits per heavy atom. The van der Waals surface area contributed by atoms with Crippen molar-refractivity contribution < 1.29 is 23.7 Å². The van der Waals surface area contributed by atoms with Gasteiger partial charge in [0.25, 0.3) is 0 Å². The summed E-state index contributed by atoms with van der Waals surface area (Å²) in [5.74, 6) is 2.84. The van der Waals surface area contributed by atoms with Crippen molar-refractivity contribution in [1.29, 1.82) is 0 Å². The number of methoxy groups -OCH3 is 2. The van der Waals surface area contributed by atoms with Gasteiger partial charge in [-0.05, 0) is 29.8 Å². The molecule has 0 spiro atoms. The first-order chi connectivity index (χ1) is 14.6. The lowest BCUT2D eigenvalue weighted by Gasteiger charge is -2.34. The van der Waals surface area contributed by atoms with Gasteiger partial charge in [0.05, 0.1) is 26.5 Å². The Labute approximate surface area is 188 Å². The smallest absolute Gasteiger partial charge is 0.238 e. The van der Waals surface area contributed by atoms with E-state index in [9.17, 15) is 4.79 Å². The number of benzene rings is 2. The van der Waals surface area contributed by atoms with Crippen LogP contribution in [-0.2, 0) is 11.3 Å². The zero-order valence-electron chi connectivity index (χ0n) is 17.8. The molecule has 4 rings (SSSR count). The molecule has 2 heterocycles. The number of nitrogens with one attached hydrogen (secondary N) is 1. The van der Waals surface area contributed by atoms with Crippen LogP contribution in [0.1, 0.15) is 5.56 Å². The van der Waals surface area contributed by atoms with Crippen molar-refractivity contribution in [2.45, 2.75) is 6.54 Å². The monoisotopic (exact) mass is 449 g/mol. The predicted octanol–water partition coefficient (Wildman–Crippen LogP) is 2.61. The fourth-order valence-corrected chi connectivity index (χ4v) is 3.70. The Balaban J connectivity index is 0.00000272. The predicted molar refractivity (Wildman–Crippen MR) is 120 cm³/mol. The standard InChI is InChI=1S/C22H27N3O5.ClH/c1-27-17-4-5-18(20(12-17)28-2)23-22(26)14-25-9-7-24(8-10-25)13-16-3-6-19-21(11-16)30-15-29-19;/h3-6,11-12H,7-10,13-15H2,1-2H3,(H,23,26);1H. The molecule has 168 valence electrons. The highest BCUT2D eigenvalue weighted by Crippen LogP contribution is 2.33. The average molecular weight is 450 g/mol. The maximum Gasteiger partial charge on any atom is 0.238 e. The summed E-state index contributed by atoms with van der Waals surface area (Å²) in [6.45, 7) is 5.02. The molecule has 8 nitrogen and oxygen atoms in total. The van der Waals surface area contributed by atoms with Gasteiger partial charge in [0, 0.05) is 38.8 Å². The van der Waals surface area contributed by atoms with Crippen molar-refractivity contribution in [2.24, 2.45) is 0 Å². The van der Waals surface area contributed by atoms with Gasteiger partial charge in [0.15, 0.2) is 11.5 Å². The number of fused-ring (bicyclic) bond motifs is 1. The number of ether oxygens (including phenoxy) is 4. The summed E-state index contributed by atoms with van der Waals surface area (Å²) in [4.78, 5) is 17.1. The van der Waals surface area contributed by atoms with Gasteiger partial charge in [0.2, 0.25) is 12.7 Å². The fourth-order valence-electron chi connectivity index (χ4n) is 3.70. The van der Waals surface area contributed by atoms with Crippen LogP contribution in [0.25, 0.3) is 0 Å². The lowest BCUT2D eigenvalue weighted by atomic mass is 10.1. The van der Waals surface area contributed by atoms with Gasteiger partial charge in [-0.1, -0.05) is 6.07 Å². The number of carbonyl (C=O) groups is 1.